The Balaban J connectivity index is 1.19. The van der Waals surface area contributed by atoms with Crippen LogP contribution in [-0.4, -0.2) is 40.4 Å². The van der Waals surface area contributed by atoms with E-state index in [0.717, 1.165) is 58.7 Å². The topological polar surface area (TPSA) is 79.4 Å². The number of likely N-dealkylation sites (tertiary alicyclic amines) is 1. The summed E-state index contributed by atoms with van der Waals surface area (Å²) in [5.74, 6) is 0.614. The van der Waals surface area contributed by atoms with E-state index in [-0.39, 0.29) is 5.91 Å². The predicted molar refractivity (Wildman–Crippen MR) is 169 cm³/mol. The molecule has 5 rings (SSSR count). The van der Waals surface area contributed by atoms with Crippen LogP contribution in [0.5, 0.6) is 5.75 Å². The molecule has 0 aliphatic carbocycles. The molecule has 1 aliphatic heterocycles. The second-order valence-corrected chi connectivity index (χ2v) is 11.7. The molecule has 3 heterocycles. The molecule has 0 saturated carbocycles. The number of carbonyl (C=O) groups is 1. The quantitative estimate of drug-likeness (QED) is 0.128. The number of nitrogens with zero attached hydrogens (tertiary/aromatic N) is 3. The van der Waals surface area contributed by atoms with Gasteiger partial charge in [-0.25, -0.2) is 4.98 Å². The van der Waals surface area contributed by atoms with Crippen LogP contribution in [0.25, 0.3) is 10.2 Å². The maximum absolute atomic E-state index is 13.0. The number of hydrogen-bond donors (Lipinski definition) is 2. The molecule has 2 aromatic carbocycles. The first kappa shape index (κ1) is 29.0. The van der Waals surface area contributed by atoms with Crippen molar-refractivity contribution in [2.75, 3.05) is 30.3 Å². The number of aromatic nitrogens is 2. The zero-order chi connectivity index (χ0) is 28.4. The van der Waals surface area contributed by atoms with Gasteiger partial charge in [-0.05, 0) is 107 Å². The number of carbonyl (C=O) groups excluding carboxylic acids is 1. The van der Waals surface area contributed by atoms with Crippen molar-refractivity contribution < 1.29 is 9.53 Å². The minimum absolute atomic E-state index is 0.0405. The number of hydrogen-bond acceptors (Lipinski definition) is 7. The van der Waals surface area contributed by atoms with Gasteiger partial charge in [0.2, 0.25) is 0 Å². The number of anilines is 3. The molecule has 0 spiro atoms. The zero-order valence-electron chi connectivity index (χ0n) is 23.4. The molecule has 1 fully saturated rings. The van der Waals surface area contributed by atoms with Gasteiger partial charge in [0.05, 0.1) is 21.6 Å². The van der Waals surface area contributed by atoms with Crippen LogP contribution in [0.1, 0.15) is 51.1 Å². The molecule has 214 valence electrons. The van der Waals surface area contributed by atoms with Gasteiger partial charge in [-0.15, -0.1) is 0 Å². The van der Waals surface area contributed by atoms with Gasteiger partial charge in [0.1, 0.15) is 12.4 Å². The lowest BCUT2D eigenvalue weighted by Crippen LogP contribution is -2.30. The Morgan fingerprint density at radius 3 is 2.78 bits per heavy atom. The lowest BCUT2D eigenvalue weighted by Gasteiger charge is -2.26. The number of amides is 1. The Hall–Kier alpha value is -3.46. The number of piperidine rings is 1. The van der Waals surface area contributed by atoms with E-state index >= 15 is 0 Å². The highest BCUT2D eigenvalue weighted by molar-refractivity contribution is 7.22. The Bertz CT molecular complexity index is 1480. The summed E-state index contributed by atoms with van der Waals surface area (Å²) in [6.45, 7) is 5.84. The molecule has 7 nitrogen and oxygen atoms in total. The van der Waals surface area contributed by atoms with Crippen molar-refractivity contribution in [3.63, 3.8) is 0 Å². The standard InChI is InChI=1S/C32H36ClN5O2S/c1-2-23(10-5-9-19-38-17-7-3-8-18-38)31(39)35-25-13-14-27-30(21-25)41-32(36-27)37-28-20-24(33)12-15-29(28)40-22-26-11-4-6-16-34-26/h2,4,6,11-16,20-21H,3,5,7-10,17-19,22H2,1H3,(H,35,39)(H,36,37). The molecular weight excluding hydrogens is 554 g/mol. The smallest absolute Gasteiger partial charge is 0.251 e. The fourth-order valence-electron chi connectivity index (χ4n) is 4.97. The maximum atomic E-state index is 13.0. The first-order valence-corrected chi connectivity index (χ1v) is 15.5. The number of rotatable bonds is 12. The summed E-state index contributed by atoms with van der Waals surface area (Å²) in [4.78, 5) is 24.6. The van der Waals surface area contributed by atoms with Gasteiger partial charge in [0.25, 0.3) is 5.91 Å². The first-order valence-electron chi connectivity index (χ1n) is 14.3. The third-order valence-corrected chi connectivity index (χ3v) is 8.36. The molecule has 41 heavy (non-hydrogen) atoms. The zero-order valence-corrected chi connectivity index (χ0v) is 24.9. The number of pyridine rings is 1. The number of thiazole rings is 1. The molecule has 2 aromatic heterocycles. The van der Waals surface area contributed by atoms with Crippen LogP contribution in [0.4, 0.5) is 16.5 Å². The second kappa shape index (κ2) is 14.4. The van der Waals surface area contributed by atoms with E-state index < -0.39 is 0 Å². The van der Waals surface area contributed by atoms with Gasteiger partial charge in [-0.2, -0.15) is 0 Å². The molecule has 2 N–H and O–H groups in total. The summed E-state index contributed by atoms with van der Waals surface area (Å²) in [5, 5.41) is 7.73. The third-order valence-electron chi connectivity index (χ3n) is 7.19. The van der Waals surface area contributed by atoms with E-state index in [1.54, 1.807) is 12.3 Å². The first-order chi connectivity index (χ1) is 20.1. The van der Waals surface area contributed by atoms with Gasteiger partial charge in [-0.1, -0.05) is 41.5 Å². The summed E-state index contributed by atoms with van der Waals surface area (Å²) in [6.07, 6.45) is 10.6. The normalized spacial score (nSPS) is 14.2. The van der Waals surface area contributed by atoms with Crippen molar-refractivity contribution in [2.24, 2.45) is 0 Å². The van der Waals surface area contributed by atoms with Crippen LogP contribution >= 0.6 is 22.9 Å². The lowest BCUT2D eigenvalue weighted by atomic mass is 10.1. The van der Waals surface area contributed by atoms with Crippen LogP contribution in [-0.2, 0) is 11.4 Å². The van der Waals surface area contributed by atoms with Gasteiger partial charge < -0.3 is 20.3 Å². The summed E-state index contributed by atoms with van der Waals surface area (Å²) >= 11 is 7.79. The van der Waals surface area contributed by atoms with Crippen LogP contribution in [0.3, 0.4) is 0 Å². The highest BCUT2D eigenvalue weighted by Crippen LogP contribution is 2.35. The maximum Gasteiger partial charge on any atom is 0.251 e. The summed E-state index contributed by atoms with van der Waals surface area (Å²) in [7, 11) is 0. The Morgan fingerprint density at radius 1 is 1.10 bits per heavy atom. The number of allylic oxidation sites excluding steroid dienone is 1. The summed E-state index contributed by atoms with van der Waals surface area (Å²) in [5.41, 5.74) is 3.99. The summed E-state index contributed by atoms with van der Waals surface area (Å²) in [6, 6.07) is 17.0. The van der Waals surface area contributed by atoms with Gasteiger partial charge >= 0.3 is 0 Å². The average Bonchev–Trinajstić information content (AvgIpc) is 3.39. The van der Waals surface area contributed by atoms with E-state index in [9.17, 15) is 4.79 Å². The molecule has 0 unspecified atom stereocenters. The van der Waals surface area contributed by atoms with E-state index in [2.05, 4.69) is 20.5 Å². The fraction of sp³-hybridized carbons (Fsp3) is 0.344. The summed E-state index contributed by atoms with van der Waals surface area (Å²) < 4.78 is 6.99. The molecule has 0 bridgehead atoms. The molecular formula is C32H36ClN5O2S. The molecule has 0 radical (unpaired) electrons. The van der Waals surface area contributed by atoms with Crippen LogP contribution in [0.15, 0.2) is 72.4 Å². The molecule has 1 amide bonds. The number of benzene rings is 2. The van der Waals surface area contributed by atoms with Gasteiger partial charge in [0.15, 0.2) is 5.13 Å². The van der Waals surface area contributed by atoms with Crippen LogP contribution in [0.2, 0.25) is 5.02 Å². The minimum atomic E-state index is -0.0405. The van der Waals surface area contributed by atoms with Gasteiger partial charge in [-0.3, -0.25) is 9.78 Å². The lowest BCUT2D eigenvalue weighted by molar-refractivity contribution is -0.113. The SMILES string of the molecule is CC=C(CCCCN1CCCCC1)C(=O)Nc1ccc2nc(Nc3cc(Cl)ccc3OCc3ccccn3)sc2c1. The van der Waals surface area contributed by atoms with E-state index in [0.29, 0.717) is 22.5 Å². The van der Waals surface area contributed by atoms with Crippen molar-refractivity contribution in [1.29, 1.82) is 0 Å². The number of nitrogens with one attached hydrogen (secondary N) is 2. The fourth-order valence-corrected chi connectivity index (χ4v) is 6.06. The van der Waals surface area contributed by atoms with Crippen molar-refractivity contribution in [3.8, 4) is 5.75 Å². The number of ether oxygens (including phenoxy) is 1. The molecule has 9 heteroatoms. The van der Waals surface area contributed by atoms with Crippen molar-refractivity contribution in [1.82, 2.24) is 14.9 Å². The second-order valence-electron chi connectivity index (χ2n) is 10.2. The Labute approximate surface area is 250 Å². The van der Waals surface area contributed by atoms with Crippen molar-refractivity contribution in [3.05, 3.63) is 83.2 Å². The van der Waals surface area contributed by atoms with Crippen LogP contribution < -0.4 is 15.4 Å². The van der Waals surface area contributed by atoms with Gasteiger partial charge in [0, 0.05) is 22.5 Å². The van der Waals surface area contributed by atoms with Crippen molar-refractivity contribution in [2.45, 2.75) is 52.1 Å². The van der Waals surface area contributed by atoms with E-state index in [1.165, 1.54) is 43.7 Å². The molecule has 4 aromatic rings. The highest BCUT2D eigenvalue weighted by Gasteiger charge is 2.14. The Morgan fingerprint density at radius 2 is 1.98 bits per heavy atom. The number of fused-ring (bicyclic) bond motifs is 1. The highest BCUT2D eigenvalue weighted by atomic mass is 35.5. The van der Waals surface area contributed by atoms with E-state index in [1.807, 2.05) is 61.5 Å². The minimum Gasteiger partial charge on any atom is -0.485 e. The van der Waals surface area contributed by atoms with Crippen molar-refractivity contribution >= 4 is 55.6 Å². The molecule has 1 saturated heterocycles. The van der Waals surface area contributed by atoms with E-state index in [4.69, 9.17) is 21.3 Å². The average molecular weight is 590 g/mol. The Kier molecular flexibility index (Phi) is 10.2. The van der Waals surface area contributed by atoms with Crippen LogP contribution in [0, 0.1) is 0 Å². The number of halogens is 1. The predicted octanol–water partition coefficient (Wildman–Crippen LogP) is 8.21. The number of unbranched alkanes of at least 4 members (excludes halogenated alkanes) is 1. The largest absolute Gasteiger partial charge is 0.485 e. The molecule has 0 atom stereocenters. The monoisotopic (exact) mass is 589 g/mol. The third kappa shape index (κ3) is 8.28. The molecule has 1 aliphatic rings.